The number of likely N-dealkylation sites (tertiary alicyclic amines) is 1. The normalized spacial score (nSPS) is 14.3. The molecule has 0 atom stereocenters. The van der Waals surface area contributed by atoms with Gasteiger partial charge >= 0.3 is 0 Å². The number of nitrogens with one attached hydrogen (secondary N) is 3. The summed E-state index contributed by atoms with van der Waals surface area (Å²) in [6.45, 7) is 5.20. The summed E-state index contributed by atoms with van der Waals surface area (Å²) in [6, 6.07) is 4.75. The lowest BCUT2D eigenvalue weighted by Gasteiger charge is -2.15. The van der Waals surface area contributed by atoms with Gasteiger partial charge in [-0.15, -0.1) is 24.0 Å². The highest BCUT2D eigenvalue weighted by molar-refractivity contribution is 14.0. The van der Waals surface area contributed by atoms with Crippen molar-refractivity contribution in [2.24, 2.45) is 4.99 Å². The maximum Gasteiger partial charge on any atom is 0.244 e. The van der Waals surface area contributed by atoms with E-state index in [4.69, 9.17) is 0 Å². The Balaban J connectivity index is 0.00000261. The van der Waals surface area contributed by atoms with Crippen molar-refractivity contribution in [2.75, 3.05) is 32.7 Å². The topological polar surface area (TPSA) is 72.5 Å². The van der Waals surface area contributed by atoms with Gasteiger partial charge in [0.15, 0.2) is 5.96 Å². The number of aromatic amines is 1. The Kier molecular flexibility index (Phi) is 8.33. The van der Waals surface area contributed by atoms with Crippen LogP contribution in [0.3, 0.4) is 0 Å². The molecule has 1 aromatic heterocycles. The van der Waals surface area contributed by atoms with Crippen molar-refractivity contribution in [1.82, 2.24) is 20.5 Å². The molecule has 3 rings (SSSR count). The van der Waals surface area contributed by atoms with Gasteiger partial charge in [-0.3, -0.25) is 4.79 Å². The van der Waals surface area contributed by atoms with Gasteiger partial charge in [0.25, 0.3) is 0 Å². The molecule has 0 radical (unpaired) electrons. The maximum absolute atomic E-state index is 13.5. The van der Waals surface area contributed by atoms with Crippen LogP contribution < -0.4 is 10.6 Å². The lowest BCUT2D eigenvalue weighted by molar-refractivity contribution is -0.128. The number of benzene rings is 1. The summed E-state index contributed by atoms with van der Waals surface area (Å²) in [4.78, 5) is 21.5. The lowest BCUT2D eigenvalue weighted by atomic mass is 10.1. The Hall–Kier alpha value is -1.84. The van der Waals surface area contributed by atoms with Gasteiger partial charge in [0.2, 0.25) is 5.91 Å². The van der Waals surface area contributed by atoms with Crippen LogP contribution in [0.5, 0.6) is 0 Å². The third-order valence-corrected chi connectivity index (χ3v) is 4.59. The molecule has 1 aliphatic heterocycles. The van der Waals surface area contributed by atoms with E-state index in [1.54, 1.807) is 12.1 Å². The predicted octanol–water partition coefficient (Wildman–Crippen LogP) is 2.65. The van der Waals surface area contributed by atoms with E-state index < -0.39 is 0 Å². The summed E-state index contributed by atoms with van der Waals surface area (Å²) in [6.07, 6.45) is 4.80. The fraction of sp³-hybridized carbons (Fsp3) is 0.474. The third kappa shape index (κ3) is 5.82. The molecule has 0 aliphatic carbocycles. The second-order valence-electron chi connectivity index (χ2n) is 6.46. The zero-order valence-electron chi connectivity index (χ0n) is 15.6. The van der Waals surface area contributed by atoms with Crippen LogP contribution in [-0.4, -0.2) is 54.5 Å². The number of halogens is 2. The average molecular weight is 487 g/mol. The number of aromatic nitrogens is 1. The number of amides is 1. The van der Waals surface area contributed by atoms with E-state index >= 15 is 0 Å². The van der Waals surface area contributed by atoms with Crippen molar-refractivity contribution in [2.45, 2.75) is 26.2 Å². The highest BCUT2D eigenvalue weighted by Gasteiger charge is 2.17. The Bertz CT molecular complexity index is 785. The van der Waals surface area contributed by atoms with Crippen LogP contribution in [0, 0.1) is 5.82 Å². The molecule has 1 aliphatic rings. The number of guanidine groups is 1. The van der Waals surface area contributed by atoms with Crippen molar-refractivity contribution < 1.29 is 9.18 Å². The largest absolute Gasteiger partial charge is 0.361 e. The average Bonchev–Trinajstić information content (AvgIpc) is 3.29. The quantitative estimate of drug-likeness (QED) is 0.334. The second-order valence-corrected chi connectivity index (χ2v) is 6.46. The molecule has 0 saturated carbocycles. The molecular weight excluding hydrogens is 460 g/mol. The van der Waals surface area contributed by atoms with Crippen LogP contribution >= 0.6 is 24.0 Å². The summed E-state index contributed by atoms with van der Waals surface area (Å²) in [5.41, 5.74) is 1.98. The van der Waals surface area contributed by atoms with Gasteiger partial charge in [-0.1, -0.05) is 0 Å². The van der Waals surface area contributed by atoms with E-state index in [0.29, 0.717) is 12.5 Å². The SMILES string of the molecule is CCNC(=NCC(=O)N1CCCC1)NCCc1c[nH]c2ccc(F)cc12.I. The van der Waals surface area contributed by atoms with Gasteiger partial charge in [0.1, 0.15) is 12.4 Å². The minimum Gasteiger partial charge on any atom is -0.361 e. The monoisotopic (exact) mass is 487 g/mol. The first-order valence-corrected chi connectivity index (χ1v) is 9.23. The van der Waals surface area contributed by atoms with Crippen LogP contribution in [0.15, 0.2) is 29.4 Å². The molecule has 1 saturated heterocycles. The number of nitrogens with zero attached hydrogens (tertiary/aromatic N) is 2. The molecular formula is C19H27FIN5O. The zero-order chi connectivity index (χ0) is 18.4. The minimum atomic E-state index is -0.235. The number of fused-ring (bicyclic) bond motifs is 1. The fourth-order valence-corrected chi connectivity index (χ4v) is 3.23. The molecule has 0 unspecified atom stereocenters. The number of aliphatic imine (C=N–C) groups is 1. The molecule has 1 aromatic carbocycles. The number of carbonyl (C=O) groups is 1. The first-order valence-electron chi connectivity index (χ1n) is 9.23. The fourth-order valence-electron chi connectivity index (χ4n) is 3.23. The standard InChI is InChI=1S/C19H26FN5O.HI/c1-2-21-19(24-13-18(26)25-9-3-4-10-25)22-8-7-14-12-23-17-6-5-15(20)11-16(14)17;/h5-6,11-12,23H,2-4,7-10,13H2,1H3,(H2,21,22,24);1H. The first-order chi connectivity index (χ1) is 12.7. The molecule has 1 amide bonds. The zero-order valence-corrected chi connectivity index (χ0v) is 17.9. The number of rotatable bonds is 6. The van der Waals surface area contributed by atoms with Gasteiger partial charge in [-0.05, 0) is 49.9 Å². The number of H-pyrrole nitrogens is 1. The van der Waals surface area contributed by atoms with Gasteiger partial charge in [-0.2, -0.15) is 0 Å². The molecule has 0 spiro atoms. The van der Waals surface area contributed by atoms with E-state index in [2.05, 4.69) is 20.6 Å². The molecule has 8 heteroatoms. The van der Waals surface area contributed by atoms with Gasteiger partial charge in [0, 0.05) is 43.3 Å². The molecule has 27 heavy (non-hydrogen) atoms. The second kappa shape index (κ2) is 10.5. The Morgan fingerprint density at radius 1 is 1.30 bits per heavy atom. The Morgan fingerprint density at radius 2 is 2.07 bits per heavy atom. The summed E-state index contributed by atoms with van der Waals surface area (Å²) in [5.74, 6) is 0.472. The van der Waals surface area contributed by atoms with Crippen LogP contribution in [0.2, 0.25) is 0 Å². The Labute approximate surface area is 176 Å². The lowest BCUT2D eigenvalue weighted by Crippen LogP contribution is -2.39. The van der Waals surface area contributed by atoms with Crippen LogP contribution in [0.4, 0.5) is 4.39 Å². The van der Waals surface area contributed by atoms with Crippen LogP contribution in [-0.2, 0) is 11.2 Å². The summed E-state index contributed by atoms with van der Waals surface area (Å²) < 4.78 is 13.5. The number of hydrogen-bond donors (Lipinski definition) is 3. The van der Waals surface area contributed by atoms with Crippen molar-refractivity contribution >= 4 is 46.7 Å². The molecule has 148 valence electrons. The molecule has 0 bridgehead atoms. The summed E-state index contributed by atoms with van der Waals surface area (Å²) in [5, 5.41) is 7.30. The van der Waals surface area contributed by atoms with Crippen molar-refractivity contribution in [1.29, 1.82) is 0 Å². The van der Waals surface area contributed by atoms with E-state index in [-0.39, 0.29) is 42.2 Å². The molecule has 3 N–H and O–H groups in total. The molecule has 2 aromatic rings. The molecule has 1 fully saturated rings. The smallest absolute Gasteiger partial charge is 0.244 e. The van der Waals surface area contributed by atoms with E-state index in [1.807, 2.05) is 18.0 Å². The highest BCUT2D eigenvalue weighted by atomic mass is 127. The summed E-state index contributed by atoms with van der Waals surface area (Å²) >= 11 is 0. The number of hydrogen-bond acceptors (Lipinski definition) is 2. The number of carbonyl (C=O) groups excluding carboxylic acids is 1. The summed E-state index contributed by atoms with van der Waals surface area (Å²) in [7, 11) is 0. The van der Waals surface area contributed by atoms with E-state index in [1.165, 1.54) is 6.07 Å². The van der Waals surface area contributed by atoms with Crippen LogP contribution in [0.1, 0.15) is 25.3 Å². The van der Waals surface area contributed by atoms with Gasteiger partial charge in [-0.25, -0.2) is 9.38 Å². The van der Waals surface area contributed by atoms with E-state index in [0.717, 1.165) is 55.4 Å². The van der Waals surface area contributed by atoms with Crippen molar-refractivity contribution in [3.05, 3.63) is 35.8 Å². The van der Waals surface area contributed by atoms with Crippen molar-refractivity contribution in [3.63, 3.8) is 0 Å². The predicted molar refractivity (Wildman–Crippen MR) is 117 cm³/mol. The maximum atomic E-state index is 13.5. The Morgan fingerprint density at radius 3 is 2.81 bits per heavy atom. The van der Waals surface area contributed by atoms with Crippen molar-refractivity contribution in [3.8, 4) is 0 Å². The molecule has 6 nitrogen and oxygen atoms in total. The van der Waals surface area contributed by atoms with Crippen LogP contribution in [0.25, 0.3) is 10.9 Å². The highest BCUT2D eigenvalue weighted by Crippen LogP contribution is 2.19. The first kappa shape index (κ1) is 21.5. The van der Waals surface area contributed by atoms with Gasteiger partial charge in [0.05, 0.1) is 0 Å². The molecule has 2 heterocycles. The third-order valence-electron chi connectivity index (χ3n) is 4.59. The van der Waals surface area contributed by atoms with Gasteiger partial charge < -0.3 is 20.5 Å². The minimum absolute atomic E-state index is 0. The van der Waals surface area contributed by atoms with E-state index in [9.17, 15) is 9.18 Å².